The van der Waals surface area contributed by atoms with Crippen LogP contribution in [0.4, 0.5) is 0 Å². The average molecular weight is 376 g/mol. The molecule has 0 unspecified atom stereocenters. The Bertz CT molecular complexity index is 208. The summed E-state index contributed by atoms with van der Waals surface area (Å²) in [5, 5.41) is 35.4. The Hall–Kier alpha value is 0.428. The van der Waals surface area contributed by atoms with Crippen molar-refractivity contribution in [3.63, 3.8) is 0 Å². The van der Waals surface area contributed by atoms with Crippen LogP contribution in [-0.2, 0) is 38.4 Å². The largest absolute Gasteiger partial charge is 2.00 e. The van der Waals surface area contributed by atoms with Crippen LogP contribution in [0, 0.1) is 5.41 Å². The quantitative estimate of drug-likeness (QED) is 0.400. The van der Waals surface area contributed by atoms with Crippen LogP contribution in [0.1, 0.15) is 65.7 Å². The molecule has 0 saturated heterocycles. The predicted octanol–water partition coefficient (Wildman–Crippen LogP) is -1.44. The summed E-state index contributed by atoms with van der Waals surface area (Å²) >= 11 is 0. The fourth-order valence-corrected chi connectivity index (χ4v) is 1.45. The zero-order chi connectivity index (χ0) is 14.6. The number of carboxylic acids is 1. The fourth-order valence-electron chi connectivity index (χ4n) is 1.45. The van der Waals surface area contributed by atoms with Gasteiger partial charge in [-0.05, 0) is 24.7 Å². The number of aliphatic carboxylic acids is 1. The Labute approximate surface area is 143 Å². The Balaban J connectivity index is -0.000000188. The van der Waals surface area contributed by atoms with E-state index in [1.165, 1.54) is 19.3 Å². The Morgan fingerprint density at radius 3 is 1.60 bits per heavy atom. The summed E-state index contributed by atoms with van der Waals surface area (Å²) in [6.07, 6.45) is 6.92. The van der Waals surface area contributed by atoms with Crippen LogP contribution in [0.15, 0.2) is 0 Å². The van der Waals surface area contributed by atoms with E-state index >= 15 is 0 Å². The average Bonchev–Trinajstić information content (AvgIpc) is 2.13. The van der Waals surface area contributed by atoms with Crippen molar-refractivity contribution in [2.75, 3.05) is 0 Å². The second-order valence-electron chi connectivity index (χ2n) is 5.49. The zero-order valence-corrected chi connectivity index (χ0v) is 14.3. The SMILES string of the molecule is CC(C)(C)CCCCCCCC(=O)[O-].[Co+2].[Co+2].[O-]B([O-])[O-]. The van der Waals surface area contributed by atoms with Gasteiger partial charge in [-0.1, -0.05) is 46.5 Å². The molecule has 0 saturated carbocycles. The zero-order valence-electron chi connectivity index (χ0n) is 12.2. The van der Waals surface area contributed by atoms with Gasteiger partial charge in [0, 0.05) is 5.97 Å². The first-order valence-electron chi connectivity index (χ1n) is 6.32. The Morgan fingerprint density at radius 1 is 0.900 bits per heavy atom. The Kier molecular flexibility index (Phi) is 25.0. The van der Waals surface area contributed by atoms with Crippen LogP contribution in [0.2, 0.25) is 0 Å². The molecule has 0 N–H and O–H groups in total. The van der Waals surface area contributed by atoms with Crippen LogP contribution < -0.4 is 20.2 Å². The molecule has 122 valence electrons. The summed E-state index contributed by atoms with van der Waals surface area (Å²) in [5.41, 5.74) is 0.436. The van der Waals surface area contributed by atoms with Crippen molar-refractivity contribution in [1.29, 1.82) is 0 Å². The van der Waals surface area contributed by atoms with Gasteiger partial charge in [0.2, 0.25) is 0 Å². The van der Waals surface area contributed by atoms with Crippen LogP contribution in [-0.4, -0.2) is 13.3 Å². The molecule has 0 aromatic carbocycles. The van der Waals surface area contributed by atoms with Gasteiger partial charge in [-0.2, -0.15) is 0 Å². The van der Waals surface area contributed by atoms with Crippen molar-refractivity contribution in [2.45, 2.75) is 65.7 Å². The minimum atomic E-state index is -2.92. The predicted molar refractivity (Wildman–Crippen MR) is 62.5 cm³/mol. The molecule has 0 atom stereocenters. The maximum absolute atomic E-state index is 10.1. The smallest absolute Gasteiger partial charge is 0.907 e. The van der Waals surface area contributed by atoms with E-state index in [-0.39, 0.29) is 40.0 Å². The van der Waals surface area contributed by atoms with Crippen LogP contribution in [0.3, 0.4) is 0 Å². The topological polar surface area (TPSA) is 109 Å². The first-order chi connectivity index (χ1) is 8.15. The third-order valence-electron chi connectivity index (χ3n) is 2.31. The van der Waals surface area contributed by atoms with E-state index in [0.29, 0.717) is 5.41 Å². The van der Waals surface area contributed by atoms with Gasteiger partial charge >= 0.3 is 33.6 Å². The number of hydrogen-bond acceptors (Lipinski definition) is 5. The maximum atomic E-state index is 10.1. The summed E-state index contributed by atoms with van der Waals surface area (Å²) < 4.78 is 0. The van der Waals surface area contributed by atoms with E-state index in [4.69, 9.17) is 15.1 Å². The second-order valence-corrected chi connectivity index (χ2v) is 5.49. The van der Waals surface area contributed by atoms with Crippen molar-refractivity contribution in [3.8, 4) is 0 Å². The van der Waals surface area contributed by atoms with Gasteiger partial charge in [0.15, 0.2) is 0 Å². The van der Waals surface area contributed by atoms with E-state index in [2.05, 4.69) is 20.8 Å². The normalized spacial score (nSPS) is 9.50. The summed E-state index contributed by atoms with van der Waals surface area (Å²) in [7, 11) is -2.92. The first-order valence-corrected chi connectivity index (χ1v) is 6.32. The molecular weight excluding hydrogens is 353 g/mol. The van der Waals surface area contributed by atoms with Crippen molar-refractivity contribution in [3.05, 3.63) is 0 Å². The molecule has 0 aliphatic heterocycles. The minimum Gasteiger partial charge on any atom is -0.907 e. The van der Waals surface area contributed by atoms with E-state index in [9.17, 15) is 9.90 Å². The number of carboxylic acid groups (broad SMARTS) is 1. The standard InChI is InChI=1S/C12H24O2.BO3.2Co/c1-12(2,3)10-8-6-4-5-7-9-11(13)14;2-1(3)4;;/h4-10H2,1-3H3,(H,13,14);;;/q;-3;2*+2/p-1. The molecule has 20 heavy (non-hydrogen) atoms. The van der Waals surface area contributed by atoms with Crippen LogP contribution in [0.5, 0.6) is 0 Å². The van der Waals surface area contributed by atoms with E-state index in [1.807, 2.05) is 0 Å². The molecule has 0 aliphatic carbocycles. The third kappa shape index (κ3) is 42.9. The second kappa shape index (κ2) is 17.5. The molecule has 0 heterocycles. The van der Waals surface area contributed by atoms with Gasteiger partial charge in [-0.3, -0.25) is 7.32 Å². The molecule has 0 rings (SSSR count). The molecular formula is C12H23BCo2O5. The van der Waals surface area contributed by atoms with E-state index in [0.717, 1.165) is 19.3 Å². The van der Waals surface area contributed by atoms with Gasteiger partial charge in [0.25, 0.3) is 0 Å². The van der Waals surface area contributed by atoms with Gasteiger partial charge in [-0.25, -0.2) is 0 Å². The van der Waals surface area contributed by atoms with Crippen molar-refractivity contribution < 1.29 is 58.5 Å². The molecule has 5 nitrogen and oxygen atoms in total. The Morgan fingerprint density at radius 2 is 1.25 bits per heavy atom. The fraction of sp³-hybridized carbons (Fsp3) is 0.917. The molecule has 0 aromatic rings. The summed E-state index contributed by atoms with van der Waals surface area (Å²) in [4.78, 5) is 10.1. The van der Waals surface area contributed by atoms with Gasteiger partial charge in [0.05, 0.1) is 0 Å². The first kappa shape index (κ1) is 28.6. The summed E-state index contributed by atoms with van der Waals surface area (Å²) in [6.45, 7) is 6.76. The van der Waals surface area contributed by atoms with E-state index in [1.54, 1.807) is 0 Å². The van der Waals surface area contributed by atoms with Gasteiger partial charge in [-0.15, -0.1) is 0 Å². The number of rotatable bonds is 7. The summed E-state index contributed by atoms with van der Waals surface area (Å²) in [5.74, 6) is -0.917. The summed E-state index contributed by atoms with van der Waals surface area (Å²) in [6, 6.07) is 0. The van der Waals surface area contributed by atoms with Crippen molar-refractivity contribution >= 4 is 13.3 Å². The van der Waals surface area contributed by atoms with Crippen molar-refractivity contribution in [1.82, 2.24) is 0 Å². The van der Waals surface area contributed by atoms with Gasteiger partial charge < -0.3 is 25.0 Å². The number of unbranched alkanes of at least 4 members (excludes halogenated alkanes) is 4. The minimum absolute atomic E-state index is 0. The third-order valence-corrected chi connectivity index (χ3v) is 2.31. The molecule has 0 bridgehead atoms. The molecule has 2 radical (unpaired) electrons. The van der Waals surface area contributed by atoms with Crippen LogP contribution in [0.25, 0.3) is 0 Å². The number of carbonyl (C=O) groups is 1. The molecule has 0 amide bonds. The molecule has 8 heteroatoms. The molecule has 0 spiro atoms. The van der Waals surface area contributed by atoms with Crippen LogP contribution >= 0.6 is 0 Å². The van der Waals surface area contributed by atoms with Crippen molar-refractivity contribution in [2.24, 2.45) is 5.41 Å². The molecule has 0 fully saturated rings. The van der Waals surface area contributed by atoms with Gasteiger partial charge in [0.1, 0.15) is 0 Å². The van der Waals surface area contributed by atoms with E-state index < -0.39 is 13.3 Å². The molecule has 0 aliphatic rings. The maximum Gasteiger partial charge on any atom is 2.00 e. The molecule has 0 aromatic heterocycles. The monoisotopic (exact) mass is 376 g/mol. The number of carbonyl (C=O) groups excluding carboxylic acids is 1. The number of hydrogen-bond donors (Lipinski definition) is 0.